The Labute approximate surface area is 310 Å². The summed E-state index contributed by atoms with van der Waals surface area (Å²) in [7, 11) is -3.55. The maximum absolute atomic E-state index is 4.12. The van der Waals surface area contributed by atoms with Crippen LogP contribution in [0.2, 0.25) is 39.3 Å². The van der Waals surface area contributed by atoms with E-state index in [1.807, 2.05) is 0 Å². The Morgan fingerprint density at radius 2 is 1.28 bits per heavy atom. The second-order valence-corrected chi connectivity index (χ2v) is 24.2. The first-order valence-electron chi connectivity index (χ1n) is 16.1. The number of rotatable bonds is 7. The molecule has 2 aliphatic carbocycles. The van der Waals surface area contributed by atoms with Crippen molar-refractivity contribution in [2.45, 2.75) is 72.4 Å². The van der Waals surface area contributed by atoms with Crippen LogP contribution in [0.1, 0.15) is 53.6 Å². The van der Waals surface area contributed by atoms with E-state index >= 15 is 0 Å². The third-order valence-electron chi connectivity index (χ3n) is 9.06. The summed E-state index contributed by atoms with van der Waals surface area (Å²) in [6.07, 6.45) is 14.1. The van der Waals surface area contributed by atoms with Gasteiger partial charge in [0.15, 0.2) is 0 Å². The van der Waals surface area contributed by atoms with Crippen LogP contribution in [0.25, 0.3) is 17.2 Å². The first-order valence-corrected chi connectivity index (χ1v) is 23.1. The average Bonchev–Trinajstić information content (AvgIpc) is 3.64. The average molecular weight is 756 g/mol. The number of hydrogen-bond acceptors (Lipinski definition) is 0. The molecule has 0 fully saturated rings. The number of fused-ring (bicyclic) bond motifs is 2. The largest absolute Gasteiger partial charge is 3.00 e. The molecule has 0 N–H and O–H groups in total. The zero-order valence-electron chi connectivity index (χ0n) is 28.5. The van der Waals surface area contributed by atoms with Crippen molar-refractivity contribution in [2.24, 2.45) is 0 Å². The Hall–Kier alpha value is -2.00. The van der Waals surface area contributed by atoms with E-state index < -0.39 is 16.1 Å². The van der Waals surface area contributed by atoms with Crippen molar-refractivity contribution in [3.63, 3.8) is 0 Å². The van der Waals surface area contributed by atoms with Crippen LogP contribution in [0.4, 0.5) is 0 Å². The van der Waals surface area contributed by atoms with Crippen LogP contribution in [0.3, 0.4) is 0 Å². The van der Waals surface area contributed by atoms with Crippen molar-refractivity contribution >= 4 is 43.7 Å². The molecule has 1 radical (unpaired) electrons. The molecule has 4 aromatic carbocycles. The van der Waals surface area contributed by atoms with Crippen molar-refractivity contribution in [2.75, 3.05) is 0 Å². The van der Waals surface area contributed by atoms with E-state index in [1.54, 1.807) is 15.9 Å². The van der Waals surface area contributed by atoms with Crippen LogP contribution < -0.4 is 45.6 Å². The van der Waals surface area contributed by atoms with Gasteiger partial charge in [0.05, 0.1) is 16.1 Å². The van der Waals surface area contributed by atoms with Crippen molar-refractivity contribution < 1.29 is 51.0 Å². The molecule has 0 nitrogen and oxygen atoms in total. The van der Waals surface area contributed by atoms with Crippen LogP contribution in [-0.2, 0) is 39.0 Å². The Kier molecular flexibility index (Phi) is 12.6. The molecular weight excluding hydrogens is 711 g/mol. The SMILES string of the molecule is CCc1cc2c(c(=C(c3ccccc3)c3ccccc3)c1)=c1c([Si](C)(C)C)c([Si](C)(C)C)c(CC)c(C3=CC=CC3)c1=[C-]2.[Cl-].[Cl-].[Zr+3]. The van der Waals surface area contributed by atoms with E-state index in [1.165, 1.54) is 59.8 Å². The van der Waals surface area contributed by atoms with Gasteiger partial charge in [-0.1, -0.05) is 176 Å². The summed E-state index contributed by atoms with van der Waals surface area (Å²) >= 11 is 0. The first-order chi connectivity index (χ1) is 20.5. The number of halogens is 2. The van der Waals surface area contributed by atoms with Crippen molar-refractivity contribution in [1.82, 2.24) is 0 Å². The molecule has 0 bridgehead atoms. The third kappa shape index (κ3) is 6.92. The molecule has 0 spiro atoms. The summed E-state index contributed by atoms with van der Waals surface area (Å²) in [4.78, 5) is 0. The van der Waals surface area contributed by atoms with E-state index in [4.69, 9.17) is 0 Å². The Morgan fingerprint density at radius 3 is 1.74 bits per heavy atom. The predicted molar refractivity (Wildman–Crippen MR) is 193 cm³/mol. The minimum atomic E-state index is -1.81. The van der Waals surface area contributed by atoms with E-state index in [2.05, 4.69) is 150 Å². The molecule has 0 unspecified atom stereocenters. The summed E-state index contributed by atoms with van der Waals surface area (Å²) in [5.74, 6) is 0. The maximum atomic E-state index is 4.12. The van der Waals surface area contributed by atoms with Gasteiger partial charge in [0.25, 0.3) is 0 Å². The van der Waals surface area contributed by atoms with Crippen molar-refractivity contribution in [3.8, 4) is 0 Å². The topological polar surface area (TPSA) is 0 Å². The van der Waals surface area contributed by atoms with Crippen molar-refractivity contribution in [1.29, 1.82) is 0 Å². The van der Waals surface area contributed by atoms with Gasteiger partial charge in [-0.2, -0.15) is 0 Å². The minimum absolute atomic E-state index is 0. The molecule has 2 aliphatic rings. The Morgan fingerprint density at radius 1 is 0.717 bits per heavy atom. The number of aryl methyl sites for hydroxylation is 1. The fourth-order valence-electron chi connectivity index (χ4n) is 7.39. The van der Waals surface area contributed by atoms with E-state index in [-0.39, 0.29) is 51.0 Å². The van der Waals surface area contributed by atoms with Crippen LogP contribution >= 0.6 is 0 Å². The Bertz CT molecular complexity index is 1970. The molecule has 0 saturated heterocycles. The normalized spacial score (nSPS) is 13.0. The van der Waals surface area contributed by atoms with Gasteiger partial charge in [-0.15, -0.1) is 33.4 Å². The molecule has 0 aromatic heterocycles. The maximum Gasteiger partial charge on any atom is 3.00 e. The molecule has 0 heterocycles. The number of allylic oxidation sites excluding steroid dienone is 4. The van der Waals surface area contributed by atoms with Crippen LogP contribution in [-0.4, -0.2) is 16.1 Å². The minimum Gasteiger partial charge on any atom is -1.00 e. The van der Waals surface area contributed by atoms with Crippen LogP contribution in [0.15, 0.2) is 91.0 Å². The van der Waals surface area contributed by atoms with E-state index in [0.29, 0.717) is 0 Å². The zero-order chi connectivity index (χ0) is 30.5. The third-order valence-corrected chi connectivity index (χ3v) is 13.4. The summed E-state index contributed by atoms with van der Waals surface area (Å²) in [6.45, 7) is 20.1. The molecule has 4 aromatic rings. The quantitative estimate of drug-likeness (QED) is 0.176. The zero-order valence-corrected chi connectivity index (χ0v) is 34.5. The fourth-order valence-corrected chi connectivity index (χ4v) is 13.6. The van der Waals surface area contributed by atoms with Crippen molar-refractivity contribution in [3.05, 3.63) is 145 Å². The summed E-state index contributed by atoms with van der Waals surface area (Å²) in [6, 6.07) is 27.0. The standard InChI is InChI=1S/C41H45Si2.2ClH.Zr/c1-9-28-25-32-27-35-37(31-23-17-18-24-31)33(10-2)40(42(3,4)5)41(43(6,7)8)39(35)38(32)34(26-28)36(29-19-13-11-14-20-29)30-21-15-12-16-22-30;;;/h11-23,25-26H,9-10,24H2,1-8H3;2*1H;/q-1;;;+3/p-2. The summed E-state index contributed by atoms with van der Waals surface area (Å²) in [5, 5.41) is 9.02. The first kappa shape index (κ1) is 38.4. The molecule has 0 atom stereocenters. The van der Waals surface area contributed by atoms with Gasteiger partial charge in [-0.3, -0.25) is 0 Å². The molecule has 0 saturated carbocycles. The van der Waals surface area contributed by atoms with Gasteiger partial charge in [-0.05, 0) is 36.0 Å². The number of benzene rings is 4. The van der Waals surface area contributed by atoms with Crippen LogP contribution in [0, 0.1) is 10.4 Å². The predicted octanol–water partition coefficient (Wildman–Crippen LogP) is 1.80. The van der Waals surface area contributed by atoms with E-state index in [0.717, 1.165) is 19.3 Å². The second kappa shape index (κ2) is 15.0. The molecule has 0 amide bonds. The fraction of sp³-hybridized carbons (Fsp3) is 0.268. The monoisotopic (exact) mass is 753 g/mol. The van der Waals surface area contributed by atoms with E-state index in [9.17, 15) is 0 Å². The molecule has 235 valence electrons. The van der Waals surface area contributed by atoms with Gasteiger partial charge in [-0.25, -0.2) is 0 Å². The summed E-state index contributed by atoms with van der Waals surface area (Å²) < 4.78 is 0. The molecule has 46 heavy (non-hydrogen) atoms. The van der Waals surface area contributed by atoms with Gasteiger partial charge in [0, 0.05) is 0 Å². The molecule has 0 aliphatic heterocycles. The Balaban J connectivity index is 0.00000192. The van der Waals surface area contributed by atoms with Gasteiger partial charge in [0.2, 0.25) is 0 Å². The van der Waals surface area contributed by atoms with Gasteiger partial charge >= 0.3 is 26.2 Å². The number of hydrogen-bond donors (Lipinski definition) is 0. The molecular formula is C41H45Cl2Si2Zr. The van der Waals surface area contributed by atoms with Crippen LogP contribution in [0.5, 0.6) is 0 Å². The van der Waals surface area contributed by atoms with Gasteiger partial charge in [0.1, 0.15) is 0 Å². The van der Waals surface area contributed by atoms with Gasteiger partial charge < -0.3 is 24.8 Å². The smallest absolute Gasteiger partial charge is 1.00 e. The molecule has 6 rings (SSSR count). The second-order valence-electron chi connectivity index (χ2n) is 14.2. The summed E-state index contributed by atoms with van der Waals surface area (Å²) in [5.41, 5.74) is 11.0. The molecule has 5 heteroatoms.